The third kappa shape index (κ3) is 3.32. The fourth-order valence-corrected chi connectivity index (χ4v) is 2.73. The van der Waals surface area contributed by atoms with E-state index in [1.165, 1.54) is 18.3 Å². The zero-order valence-electron chi connectivity index (χ0n) is 8.32. The predicted octanol–water partition coefficient (Wildman–Crippen LogP) is 2.33. The summed E-state index contributed by atoms with van der Waals surface area (Å²) < 4.78 is 2.67. The second kappa shape index (κ2) is 6.24. The minimum absolute atomic E-state index is 0.939. The standard InChI is InChI=1S/C10H14I2N2/c1-13-5-7-3-10(12)8(6-14-2)4-9(7)11/h3-4,13-14H,5-6H2,1-2H3. The Kier molecular flexibility index (Phi) is 5.65. The summed E-state index contributed by atoms with van der Waals surface area (Å²) in [6.07, 6.45) is 0. The molecule has 14 heavy (non-hydrogen) atoms. The first-order valence-corrected chi connectivity index (χ1v) is 6.60. The molecule has 0 aliphatic carbocycles. The van der Waals surface area contributed by atoms with E-state index in [1.807, 2.05) is 14.1 Å². The maximum absolute atomic E-state index is 3.18. The molecule has 0 fully saturated rings. The van der Waals surface area contributed by atoms with Gasteiger partial charge in [0.05, 0.1) is 0 Å². The molecule has 0 aliphatic rings. The summed E-state index contributed by atoms with van der Waals surface area (Å²) in [5.74, 6) is 0. The van der Waals surface area contributed by atoms with Gasteiger partial charge >= 0.3 is 0 Å². The van der Waals surface area contributed by atoms with E-state index < -0.39 is 0 Å². The molecular weight excluding hydrogens is 402 g/mol. The number of rotatable bonds is 4. The highest BCUT2D eigenvalue weighted by Gasteiger charge is 2.05. The Balaban J connectivity index is 2.97. The van der Waals surface area contributed by atoms with Crippen molar-refractivity contribution in [1.29, 1.82) is 0 Å². The highest BCUT2D eigenvalue weighted by molar-refractivity contribution is 14.1. The minimum Gasteiger partial charge on any atom is -0.316 e. The maximum atomic E-state index is 3.18. The van der Waals surface area contributed by atoms with Crippen molar-refractivity contribution >= 4 is 45.2 Å². The Morgan fingerprint density at radius 1 is 0.929 bits per heavy atom. The summed E-state index contributed by atoms with van der Waals surface area (Å²) >= 11 is 4.79. The average Bonchev–Trinajstić information content (AvgIpc) is 2.14. The molecule has 0 saturated carbocycles. The molecule has 0 atom stereocenters. The van der Waals surface area contributed by atoms with Gasteiger partial charge in [0, 0.05) is 20.2 Å². The van der Waals surface area contributed by atoms with Crippen LogP contribution in [0.15, 0.2) is 12.1 Å². The summed E-state index contributed by atoms with van der Waals surface area (Å²) in [6, 6.07) is 4.51. The molecule has 4 heteroatoms. The predicted molar refractivity (Wildman–Crippen MR) is 77.4 cm³/mol. The zero-order chi connectivity index (χ0) is 10.6. The van der Waals surface area contributed by atoms with Crippen LogP contribution in [0.3, 0.4) is 0 Å². The van der Waals surface area contributed by atoms with E-state index in [2.05, 4.69) is 67.9 Å². The highest BCUT2D eigenvalue weighted by atomic mass is 127. The third-order valence-corrected chi connectivity index (χ3v) is 3.96. The quantitative estimate of drug-likeness (QED) is 0.737. The van der Waals surface area contributed by atoms with Gasteiger partial charge in [-0.1, -0.05) is 0 Å². The van der Waals surface area contributed by atoms with Crippen LogP contribution in [0.2, 0.25) is 0 Å². The molecule has 0 aromatic heterocycles. The first-order valence-electron chi connectivity index (χ1n) is 4.45. The van der Waals surface area contributed by atoms with E-state index in [0.717, 1.165) is 13.1 Å². The van der Waals surface area contributed by atoms with Crippen LogP contribution in [-0.2, 0) is 13.1 Å². The lowest BCUT2D eigenvalue weighted by atomic mass is 10.1. The monoisotopic (exact) mass is 416 g/mol. The normalized spacial score (nSPS) is 10.6. The number of halogens is 2. The smallest absolute Gasteiger partial charge is 0.0213 e. The van der Waals surface area contributed by atoms with Crippen molar-refractivity contribution in [3.63, 3.8) is 0 Å². The van der Waals surface area contributed by atoms with E-state index in [0.29, 0.717) is 0 Å². The minimum atomic E-state index is 0.939. The summed E-state index contributed by atoms with van der Waals surface area (Å²) in [5.41, 5.74) is 2.75. The van der Waals surface area contributed by atoms with Crippen molar-refractivity contribution in [3.05, 3.63) is 30.4 Å². The van der Waals surface area contributed by atoms with E-state index in [9.17, 15) is 0 Å². The van der Waals surface area contributed by atoms with Gasteiger partial charge in [-0.25, -0.2) is 0 Å². The number of nitrogens with one attached hydrogen (secondary N) is 2. The average molecular weight is 416 g/mol. The van der Waals surface area contributed by atoms with Crippen LogP contribution in [0.25, 0.3) is 0 Å². The molecule has 0 unspecified atom stereocenters. The Morgan fingerprint density at radius 2 is 1.29 bits per heavy atom. The fourth-order valence-electron chi connectivity index (χ4n) is 1.28. The molecule has 0 bridgehead atoms. The van der Waals surface area contributed by atoms with Gasteiger partial charge in [-0.15, -0.1) is 0 Å². The van der Waals surface area contributed by atoms with E-state index in [-0.39, 0.29) is 0 Å². The first kappa shape index (κ1) is 12.7. The zero-order valence-corrected chi connectivity index (χ0v) is 12.6. The molecule has 78 valence electrons. The Morgan fingerprint density at radius 3 is 1.57 bits per heavy atom. The Labute approximate surface area is 113 Å². The van der Waals surface area contributed by atoms with Crippen LogP contribution >= 0.6 is 45.2 Å². The molecule has 0 radical (unpaired) electrons. The topological polar surface area (TPSA) is 24.1 Å². The lowest BCUT2D eigenvalue weighted by Gasteiger charge is -2.09. The molecule has 2 nitrogen and oxygen atoms in total. The van der Waals surface area contributed by atoms with Gasteiger partial charge in [-0.05, 0) is 82.5 Å². The number of hydrogen-bond acceptors (Lipinski definition) is 2. The van der Waals surface area contributed by atoms with Crippen molar-refractivity contribution in [2.45, 2.75) is 13.1 Å². The maximum Gasteiger partial charge on any atom is 0.0213 e. The summed E-state index contributed by atoms with van der Waals surface area (Å²) in [5, 5.41) is 6.36. The summed E-state index contributed by atoms with van der Waals surface area (Å²) in [6.45, 7) is 1.88. The van der Waals surface area contributed by atoms with Crippen molar-refractivity contribution in [1.82, 2.24) is 10.6 Å². The fraction of sp³-hybridized carbons (Fsp3) is 0.400. The molecule has 0 amide bonds. The van der Waals surface area contributed by atoms with E-state index in [4.69, 9.17) is 0 Å². The lowest BCUT2D eigenvalue weighted by Crippen LogP contribution is -2.10. The molecule has 1 aromatic carbocycles. The third-order valence-electron chi connectivity index (χ3n) is 1.95. The van der Waals surface area contributed by atoms with Gasteiger partial charge < -0.3 is 10.6 Å². The summed E-state index contributed by atoms with van der Waals surface area (Å²) in [7, 11) is 3.95. The highest BCUT2D eigenvalue weighted by Crippen LogP contribution is 2.20. The van der Waals surface area contributed by atoms with Gasteiger partial charge in [0.2, 0.25) is 0 Å². The molecule has 1 rings (SSSR count). The Bertz CT molecular complexity index is 281. The first-order chi connectivity index (χ1) is 6.69. The molecule has 0 heterocycles. The lowest BCUT2D eigenvalue weighted by molar-refractivity contribution is 0.797. The van der Waals surface area contributed by atoms with Crippen molar-refractivity contribution in [2.24, 2.45) is 0 Å². The van der Waals surface area contributed by atoms with Crippen LogP contribution in [0, 0.1) is 7.14 Å². The van der Waals surface area contributed by atoms with Crippen LogP contribution < -0.4 is 10.6 Å². The molecular formula is C10H14I2N2. The van der Waals surface area contributed by atoms with Crippen LogP contribution in [-0.4, -0.2) is 14.1 Å². The second-order valence-electron chi connectivity index (χ2n) is 3.10. The second-order valence-corrected chi connectivity index (χ2v) is 5.42. The SMILES string of the molecule is CNCc1cc(I)c(CNC)cc1I. The molecule has 1 aromatic rings. The largest absolute Gasteiger partial charge is 0.316 e. The van der Waals surface area contributed by atoms with Gasteiger partial charge in [-0.2, -0.15) is 0 Å². The van der Waals surface area contributed by atoms with Gasteiger partial charge in [-0.3, -0.25) is 0 Å². The van der Waals surface area contributed by atoms with Crippen molar-refractivity contribution < 1.29 is 0 Å². The van der Waals surface area contributed by atoms with Crippen molar-refractivity contribution in [2.75, 3.05) is 14.1 Å². The summed E-state index contributed by atoms with van der Waals surface area (Å²) in [4.78, 5) is 0. The van der Waals surface area contributed by atoms with Crippen LogP contribution in [0.1, 0.15) is 11.1 Å². The number of benzene rings is 1. The molecule has 0 aliphatic heterocycles. The van der Waals surface area contributed by atoms with Gasteiger partial charge in [0.15, 0.2) is 0 Å². The molecule has 2 N–H and O–H groups in total. The molecule has 0 spiro atoms. The van der Waals surface area contributed by atoms with Crippen LogP contribution in [0.4, 0.5) is 0 Å². The Hall–Kier alpha value is 0.600. The van der Waals surface area contributed by atoms with Crippen LogP contribution in [0.5, 0.6) is 0 Å². The van der Waals surface area contributed by atoms with Crippen molar-refractivity contribution in [3.8, 4) is 0 Å². The van der Waals surface area contributed by atoms with E-state index in [1.54, 1.807) is 0 Å². The number of hydrogen-bond donors (Lipinski definition) is 2. The molecule has 0 saturated heterocycles. The van der Waals surface area contributed by atoms with Gasteiger partial charge in [0.25, 0.3) is 0 Å². The van der Waals surface area contributed by atoms with Gasteiger partial charge in [0.1, 0.15) is 0 Å². The van der Waals surface area contributed by atoms with E-state index >= 15 is 0 Å².